The van der Waals surface area contributed by atoms with E-state index in [2.05, 4.69) is 20.7 Å². The van der Waals surface area contributed by atoms with E-state index in [1.165, 1.54) is 6.07 Å². The minimum atomic E-state index is -0.884. The Labute approximate surface area is 95.0 Å². The van der Waals surface area contributed by atoms with Gasteiger partial charge >= 0.3 is 5.97 Å². The van der Waals surface area contributed by atoms with Gasteiger partial charge in [-0.3, -0.25) is 4.79 Å². The Hall–Kier alpha value is -1.36. The Morgan fingerprint density at radius 1 is 1.47 bits per heavy atom. The zero-order chi connectivity index (χ0) is 11.4. The fourth-order valence-electron chi connectivity index (χ4n) is 1.06. The van der Waals surface area contributed by atoms with E-state index < -0.39 is 11.8 Å². The minimum Gasteiger partial charge on any atom is -0.507 e. The number of benzene rings is 1. The highest BCUT2D eigenvalue weighted by molar-refractivity contribution is 9.10. The van der Waals surface area contributed by atoms with Crippen LogP contribution in [0, 0.1) is 0 Å². The summed E-state index contributed by atoms with van der Waals surface area (Å²) in [6, 6.07) is 4.72. The molecule has 1 aromatic carbocycles. The van der Waals surface area contributed by atoms with Crippen LogP contribution in [-0.2, 0) is 20.7 Å². The van der Waals surface area contributed by atoms with Crippen LogP contribution in [0.15, 0.2) is 22.7 Å². The molecule has 0 aromatic heterocycles. The van der Waals surface area contributed by atoms with Crippen LogP contribution in [0.5, 0.6) is 5.75 Å². The lowest BCUT2D eigenvalue weighted by molar-refractivity contribution is -0.151. The second-order valence-corrected chi connectivity index (χ2v) is 3.63. The summed E-state index contributed by atoms with van der Waals surface area (Å²) < 4.78 is 4.71. The molecule has 0 bridgehead atoms. The van der Waals surface area contributed by atoms with Gasteiger partial charge in [-0.25, -0.2) is 4.79 Å². The first-order valence-electron chi connectivity index (χ1n) is 4.13. The lowest BCUT2D eigenvalue weighted by Gasteiger charge is -2.04. The third-order valence-corrected chi connectivity index (χ3v) is 2.74. The SMILES string of the molecule is COC(=O)C(=O)Cc1cccc(O)c1Br. The molecule has 0 amide bonds. The van der Waals surface area contributed by atoms with Crippen molar-refractivity contribution in [3.8, 4) is 5.75 Å². The molecule has 0 atom stereocenters. The number of carbonyl (C=O) groups excluding carboxylic acids is 2. The molecule has 1 N–H and O–H groups in total. The van der Waals surface area contributed by atoms with Gasteiger partial charge < -0.3 is 9.84 Å². The van der Waals surface area contributed by atoms with E-state index in [-0.39, 0.29) is 12.2 Å². The molecule has 0 saturated heterocycles. The van der Waals surface area contributed by atoms with Crippen LogP contribution in [0.25, 0.3) is 0 Å². The predicted octanol–water partition coefficient (Wildman–Crippen LogP) is 1.44. The Kier molecular flexibility index (Phi) is 3.85. The normalized spacial score (nSPS) is 9.73. The summed E-state index contributed by atoms with van der Waals surface area (Å²) in [4.78, 5) is 22.1. The summed E-state index contributed by atoms with van der Waals surface area (Å²) in [5, 5.41) is 9.33. The van der Waals surface area contributed by atoms with Crippen LogP contribution in [0.4, 0.5) is 0 Å². The molecule has 0 aliphatic heterocycles. The molecule has 0 saturated carbocycles. The van der Waals surface area contributed by atoms with E-state index in [9.17, 15) is 14.7 Å². The molecule has 0 unspecified atom stereocenters. The molecule has 4 nitrogen and oxygen atoms in total. The van der Waals surface area contributed by atoms with Crippen molar-refractivity contribution in [2.45, 2.75) is 6.42 Å². The van der Waals surface area contributed by atoms with Crippen LogP contribution in [0.1, 0.15) is 5.56 Å². The van der Waals surface area contributed by atoms with Crippen LogP contribution in [-0.4, -0.2) is 24.0 Å². The second kappa shape index (κ2) is 4.93. The summed E-state index contributed by atoms with van der Waals surface area (Å²) in [6.07, 6.45) is -0.0956. The lowest BCUT2D eigenvalue weighted by atomic mass is 10.1. The summed E-state index contributed by atoms with van der Waals surface area (Å²) in [7, 11) is 1.15. The van der Waals surface area contributed by atoms with Gasteiger partial charge in [0, 0.05) is 6.42 Å². The van der Waals surface area contributed by atoms with Gasteiger partial charge in [0.1, 0.15) is 5.75 Å². The number of aromatic hydroxyl groups is 1. The summed E-state index contributed by atoms with van der Waals surface area (Å²) in [5.41, 5.74) is 0.547. The van der Waals surface area contributed by atoms with Gasteiger partial charge in [0.25, 0.3) is 0 Å². The summed E-state index contributed by atoms with van der Waals surface area (Å²) in [6.45, 7) is 0. The van der Waals surface area contributed by atoms with E-state index >= 15 is 0 Å². The molecule has 0 radical (unpaired) electrons. The van der Waals surface area contributed by atoms with Crippen molar-refractivity contribution in [1.29, 1.82) is 0 Å². The van der Waals surface area contributed by atoms with Crippen LogP contribution < -0.4 is 0 Å². The average molecular weight is 273 g/mol. The van der Waals surface area contributed by atoms with Crippen molar-refractivity contribution in [3.05, 3.63) is 28.2 Å². The largest absolute Gasteiger partial charge is 0.507 e. The first-order valence-corrected chi connectivity index (χ1v) is 4.93. The minimum absolute atomic E-state index is 0.0326. The Bertz CT molecular complexity index is 400. The Morgan fingerprint density at radius 2 is 2.13 bits per heavy atom. The van der Waals surface area contributed by atoms with E-state index in [1.54, 1.807) is 12.1 Å². The predicted molar refractivity (Wildman–Crippen MR) is 56.5 cm³/mol. The fraction of sp³-hybridized carbons (Fsp3) is 0.200. The van der Waals surface area contributed by atoms with Gasteiger partial charge in [-0.2, -0.15) is 0 Å². The lowest BCUT2D eigenvalue weighted by Crippen LogP contribution is -2.17. The first-order chi connectivity index (χ1) is 7.06. The van der Waals surface area contributed by atoms with Crippen LogP contribution in [0.2, 0.25) is 0 Å². The average Bonchev–Trinajstić information content (AvgIpc) is 2.23. The van der Waals surface area contributed by atoms with Gasteiger partial charge in [-0.15, -0.1) is 0 Å². The van der Waals surface area contributed by atoms with E-state index in [1.807, 2.05) is 0 Å². The van der Waals surface area contributed by atoms with Crippen LogP contribution in [0.3, 0.4) is 0 Å². The molecule has 0 aliphatic rings. The number of methoxy groups -OCH3 is 1. The number of phenols is 1. The second-order valence-electron chi connectivity index (χ2n) is 2.84. The molecule has 1 rings (SSSR count). The van der Waals surface area contributed by atoms with Crippen molar-refractivity contribution < 1.29 is 19.4 Å². The van der Waals surface area contributed by atoms with Crippen molar-refractivity contribution >= 4 is 27.7 Å². The standard InChI is InChI=1S/C10H9BrO4/c1-15-10(14)8(13)5-6-3-2-4-7(12)9(6)11/h2-4,12H,5H2,1H3. The Balaban J connectivity index is 2.86. The molecule has 5 heteroatoms. The number of halogens is 1. The molecule has 15 heavy (non-hydrogen) atoms. The van der Waals surface area contributed by atoms with E-state index in [4.69, 9.17) is 0 Å². The van der Waals surface area contributed by atoms with E-state index in [0.717, 1.165) is 7.11 Å². The zero-order valence-electron chi connectivity index (χ0n) is 7.99. The molecule has 1 aromatic rings. The number of ketones is 1. The van der Waals surface area contributed by atoms with Gasteiger partial charge in [0.2, 0.25) is 5.78 Å². The Morgan fingerprint density at radius 3 is 2.73 bits per heavy atom. The number of carbonyl (C=O) groups is 2. The number of hydrogen-bond donors (Lipinski definition) is 1. The van der Waals surface area contributed by atoms with Crippen molar-refractivity contribution in [1.82, 2.24) is 0 Å². The highest BCUT2D eigenvalue weighted by atomic mass is 79.9. The van der Waals surface area contributed by atoms with Crippen molar-refractivity contribution in [2.75, 3.05) is 7.11 Å². The van der Waals surface area contributed by atoms with E-state index in [0.29, 0.717) is 10.0 Å². The molecule has 0 heterocycles. The number of esters is 1. The maximum Gasteiger partial charge on any atom is 0.374 e. The molecule has 80 valence electrons. The molecular formula is C10H9BrO4. The number of Topliss-reactive ketones (excluding diaryl/α,β-unsaturated/α-hetero) is 1. The maximum absolute atomic E-state index is 11.2. The van der Waals surface area contributed by atoms with Crippen LogP contribution >= 0.6 is 15.9 Å². The number of ether oxygens (including phenoxy) is 1. The highest BCUT2D eigenvalue weighted by Gasteiger charge is 2.16. The number of phenolic OH excluding ortho intramolecular Hbond substituents is 1. The van der Waals surface area contributed by atoms with Gasteiger partial charge in [-0.1, -0.05) is 12.1 Å². The highest BCUT2D eigenvalue weighted by Crippen LogP contribution is 2.27. The number of rotatable bonds is 3. The molecule has 0 aliphatic carbocycles. The fourth-order valence-corrected chi connectivity index (χ4v) is 1.47. The van der Waals surface area contributed by atoms with Gasteiger partial charge in [0.05, 0.1) is 11.6 Å². The molecule has 0 fully saturated rings. The van der Waals surface area contributed by atoms with Crippen molar-refractivity contribution in [2.24, 2.45) is 0 Å². The monoisotopic (exact) mass is 272 g/mol. The summed E-state index contributed by atoms with van der Waals surface area (Å²) >= 11 is 3.13. The smallest absolute Gasteiger partial charge is 0.374 e. The van der Waals surface area contributed by atoms with Gasteiger partial charge in [0.15, 0.2) is 0 Å². The summed E-state index contributed by atoms with van der Waals surface area (Å²) in [5.74, 6) is -1.50. The quantitative estimate of drug-likeness (QED) is 0.668. The zero-order valence-corrected chi connectivity index (χ0v) is 9.58. The van der Waals surface area contributed by atoms with Gasteiger partial charge in [-0.05, 0) is 27.6 Å². The topological polar surface area (TPSA) is 63.6 Å². The third kappa shape index (κ3) is 2.79. The first kappa shape index (κ1) is 11.7. The molecular weight excluding hydrogens is 264 g/mol. The number of hydrogen-bond acceptors (Lipinski definition) is 4. The van der Waals surface area contributed by atoms with Crippen molar-refractivity contribution in [3.63, 3.8) is 0 Å². The third-order valence-electron chi connectivity index (χ3n) is 1.82. The maximum atomic E-state index is 11.2. The molecule has 0 spiro atoms.